The van der Waals surface area contributed by atoms with Crippen LogP contribution in [0.15, 0.2) is 55.0 Å². The predicted molar refractivity (Wildman–Crippen MR) is 127 cm³/mol. The van der Waals surface area contributed by atoms with Gasteiger partial charge in [0.2, 0.25) is 0 Å². The molecule has 10 heteroatoms. The maximum atomic E-state index is 13.0. The number of nitrogens with zero attached hydrogens (tertiary/aromatic N) is 5. The van der Waals surface area contributed by atoms with Crippen molar-refractivity contribution in [2.24, 2.45) is 7.05 Å². The summed E-state index contributed by atoms with van der Waals surface area (Å²) in [5.74, 6) is 2.01. The van der Waals surface area contributed by atoms with E-state index in [1.807, 2.05) is 24.3 Å². The molecule has 0 aliphatic carbocycles. The van der Waals surface area contributed by atoms with E-state index in [9.17, 15) is 13.2 Å². The summed E-state index contributed by atoms with van der Waals surface area (Å²) in [5, 5.41) is 3.27. The van der Waals surface area contributed by atoms with Crippen molar-refractivity contribution >= 4 is 5.82 Å². The maximum absolute atomic E-state index is 13.0. The lowest BCUT2D eigenvalue weighted by molar-refractivity contribution is -0.140. The van der Waals surface area contributed by atoms with Gasteiger partial charge in [-0.25, -0.2) is 15.0 Å². The van der Waals surface area contributed by atoms with E-state index in [0.29, 0.717) is 29.5 Å². The molecule has 0 aliphatic rings. The summed E-state index contributed by atoms with van der Waals surface area (Å²) in [7, 11) is 3.09. The van der Waals surface area contributed by atoms with Crippen LogP contribution < -0.4 is 10.1 Å². The minimum atomic E-state index is -4.49. The molecule has 7 nitrogen and oxygen atoms in total. The number of anilines is 1. The Kier molecular flexibility index (Phi) is 6.72. The smallest absolute Gasteiger partial charge is 0.434 e. The molecule has 0 atom stereocenters. The van der Waals surface area contributed by atoms with Crippen LogP contribution in [0.2, 0.25) is 0 Å². The average molecular weight is 483 g/mol. The van der Waals surface area contributed by atoms with Gasteiger partial charge in [0.05, 0.1) is 19.0 Å². The Balaban J connectivity index is 1.54. The van der Waals surface area contributed by atoms with Crippen LogP contribution in [-0.4, -0.2) is 31.6 Å². The van der Waals surface area contributed by atoms with Crippen molar-refractivity contribution in [3.63, 3.8) is 0 Å². The van der Waals surface area contributed by atoms with Crippen LogP contribution in [-0.2, 0) is 19.8 Å². The summed E-state index contributed by atoms with van der Waals surface area (Å²) < 4.78 is 45.7. The SMILES string of the molecule is COc1cnc(-c2cccnc2C(C)C)nc1NCc1ccc(-c2nc(C(F)(F)F)cn2C)cc1. The Morgan fingerprint density at radius 2 is 1.80 bits per heavy atom. The molecule has 0 spiro atoms. The third kappa shape index (κ3) is 5.26. The number of ether oxygens (including phenoxy) is 1. The number of nitrogens with one attached hydrogen (secondary N) is 1. The number of methoxy groups -OCH3 is 1. The Bertz CT molecular complexity index is 1320. The predicted octanol–water partition coefficient (Wildman–Crippen LogP) is 5.70. The van der Waals surface area contributed by atoms with Crippen molar-refractivity contribution in [1.82, 2.24) is 24.5 Å². The van der Waals surface area contributed by atoms with E-state index in [4.69, 9.17) is 4.74 Å². The molecule has 35 heavy (non-hydrogen) atoms. The second-order valence-corrected chi connectivity index (χ2v) is 8.31. The van der Waals surface area contributed by atoms with E-state index in [2.05, 4.69) is 39.1 Å². The van der Waals surface area contributed by atoms with Gasteiger partial charge >= 0.3 is 6.18 Å². The Morgan fingerprint density at radius 1 is 1.06 bits per heavy atom. The number of aryl methyl sites for hydroxylation is 1. The Labute approximate surface area is 201 Å². The summed E-state index contributed by atoms with van der Waals surface area (Å²) in [6, 6.07) is 10.9. The van der Waals surface area contributed by atoms with Crippen LogP contribution in [0.3, 0.4) is 0 Å². The summed E-state index contributed by atoms with van der Waals surface area (Å²) in [4.78, 5) is 17.3. The van der Waals surface area contributed by atoms with Crippen LogP contribution in [0.1, 0.15) is 36.7 Å². The number of hydrogen-bond acceptors (Lipinski definition) is 6. The molecule has 0 saturated heterocycles. The van der Waals surface area contributed by atoms with E-state index in [0.717, 1.165) is 23.0 Å². The van der Waals surface area contributed by atoms with Crippen LogP contribution in [0.25, 0.3) is 22.8 Å². The topological polar surface area (TPSA) is 77.8 Å². The van der Waals surface area contributed by atoms with Gasteiger partial charge in [-0.05, 0) is 23.6 Å². The first-order chi connectivity index (χ1) is 16.7. The highest BCUT2D eigenvalue weighted by Gasteiger charge is 2.34. The molecule has 0 fully saturated rings. The summed E-state index contributed by atoms with van der Waals surface area (Å²) in [5.41, 5.74) is 2.34. The van der Waals surface area contributed by atoms with E-state index in [-0.39, 0.29) is 11.7 Å². The fraction of sp³-hybridized carbons (Fsp3) is 0.280. The summed E-state index contributed by atoms with van der Waals surface area (Å²) in [6.45, 7) is 4.55. The van der Waals surface area contributed by atoms with Crippen LogP contribution in [0.5, 0.6) is 5.75 Å². The highest BCUT2D eigenvalue weighted by atomic mass is 19.4. The van der Waals surface area contributed by atoms with Gasteiger partial charge in [-0.1, -0.05) is 38.1 Å². The monoisotopic (exact) mass is 482 g/mol. The van der Waals surface area contributed by atoms with E-state index >= 15 is 0 Å². The van der Waals surface area contributed by atoms with Crippen molar-refractivity contribution in [3.05, 3.63) is 71.9 Å². The number of halogens is 3. The van der Waals surface area contributed by atoms with Crippen molar-refractivity contribution in [2.45, 2.75) is 32.5 Å². The van der Waals surface area contributed by atoms with Crippen molar-refractivity contribution in [1.29, 1.82) is 0 Å². The van der Waals surface area contributed by atoms with Gasteiger partial charge in [-0.3, -0.25) is 4.98 Å². The quantitative estimate of drug-likeness (QED) is 0.364. The average Bonchev–Trinajstić information content (AvgIpc) is 3.25. The number of pyridine rings is 1. The molecule has 0 unspecified atom stereocenters. The molecule has 0 bridgehead atoms. The molecular formula is C25H25F3N6O. The number of benzene rings is 1. The largest absolute Gasteiger partial charge is 0.491 e. The number of rotatable bonds is 7. The van der Waals surface area contributed by atoms with Crippen molar-refractivity contribution in [3.8, 4) is 28.5 Å². The second-order valence-electron chi connectivity index (χ2n) is 8.31. The van der Waals surface area contributed by atoms with Crippen LogP contribution >= 0.6 is 0 Å². The minimum Gasteiger partial charge on any atom is -0.491 e. The van der Waals surface area contributed by atoms with Gasteiger partial charge in [-0.2, -0.15) is 13.2 Å². The van der Waals surface area contributed by atoms with E-state index < -0.39 is 11.9 Å². The normalized spacial score (nSPS) is 11.7. The first-order valence-corrected chi connectivity index (χ1v) is 11.0. The van der Waals surface area contributed by atoms with Gasteiger partial charge in [0, 0.05) is 37.1 Å². The van der Waals surface area contributed by atoms with Gasteiger partial charge in [0.25, 0.3) is 0 Å². The Hall–Kier alpha value is -3.95. The zero-order valence-corrected chi connectivity index (χ0v) is 19.8. The number of imidazole rings is 1. The highest BCUT2D eigenvalue weighted by Crippen LogP contribution is 2.31. The van der Waals surface area contributed by atoms with E-state index in [1.54, 1.807) is 38.7 Å². The first kappa shape index (κ1) is 24.2. The lowest BCUT2D eigenvalue weighted by Gasteiger charge is -2.14. The van der Waals surface area contributed by atoms with Crippen LogP contribution in [0.4, 0.5) is 19.0 Å². The van der Waals surface area contributed by atoms with Crippen molar-refractivity contribution in [2.75, 3.05) is 12.4 Å². The number of aromatic nitrogens is 5. The maximum Gasteiger partial charge on any atom is 0.434 e. The molecule has 0 amide bonds. The molecular weight excluding hydrogens is 457 g/mol. The summed E-state index contributed by atoms with van der Waals surface area (Å²) >= 11 is 0. The zero-order valence-electron chi connectivity index (χ0n) is 19.8. The van der Waals surface area contributed by atoms with E-state index in [1.165, 1.54) is 4.57 Å². The first-order valence-electron chi connectivity index (χ1n) is 11.0. The van der Waals surface area contributed by atoms with Gasteiger partial charge in [-0.15, -0.1) is 0 Å². The molecule has 182 valence electrons. The number of alkyl halides is 3. The molecule has 4 rings (SSSR count). The molecule has 1 N–H and O–H groups in total. The van der Waals surface area contributed by atoms with Gasteiger partial charge < -0.3 is 14.6 Å². The number of hydrogen-bond donors (Lipinski definition) is 1. The van der Waals surface area contributed by atoms with Gasteiger partial charge in [0.15, 0.2) is 23.1 Å². The molecule has 0 radical (unpaired) electrons. The van der Waals surface area contributed by atoms with Crippen molar-refractivity contribution < 1.29 is 17.9 Å². The Morgan fingerprint density at radius 3 is 2.43 bits per heavy atom. The molecule has 3 aromatic heterocycles. The molecule has 3 heterocycles. The minimum absolute atomic E-state index is 0.206. The lowest BCUT2D eigenvalue weighted by Crippen LogP contribution is -2.06. The van der Waals surface area contributed by atoms with Gasteiger partial charge in [0.1, 0.15) is 5.82 Å². The molecule has 0 saturated carbocycles. The third-order valence-corrected chi connectivity index (χ3v) is 5.44. The molecule has 1 aromatic carbocycles. The standard InChI is InChI=1S/C25H25F3N6O/c1-15(2)21-18(6-5-11-29-21)22-31-13-19(35-4)23(33-22)30-12-16-7-9-17(10-8-16)24-32-20(14-34(24)3)25(26,27)28/h5-11,13-15H,12H2,1-4H3,(H,30,31,33). The third-order valence-electron chi connectivity index (χ3n) is 5.44. The molecule has 0 aliphatic heterocycles. The summed E-state index contributed by atoms with van der Waals surface area (Å²) in [6.07, 6.45) is -0.137. The second kappa shape index (κ2) is 9.73. The zero-order chi connectivity index (χ0) is 25.2. The highest BCUT2D eigenvalue weighted by molar-refractivity contribution is 5.63. The fourth-order valence-corrected chi connectivity index (χ4v) is 3.67. The van der Waals surface area contributed by atoms with Crippen LogP contribution in [0, 0.1) is 0 Å². The fourth-order valence-electron chi connectivity index (χ4n) is 3.67. The lowest BCUT2D eigenvalue weighted by atomic mass is 10.0. The molecule has 4 aromatic rings.